The summed E-state index contributed by atoms with van der Waals surface area (Å²) in [6.07, 6.45) is 1.03. The Bertz CT molecular complexity index is 949. The molecule has 0 nitrogen and oxygen atoms in total. The Kier molecular flexibility index (Phi) is 11.3. The number of benzene rings is 2. The second kappa shape index (κ2) is 11.6. The van der Waals surface area contributed by atoms with E-state index in [4.69, 9.17) is 0 Å². The smallest absolute Gasteiger partial charge is 1.00 e. The molecule has 0 N–H and O–H groups in total. The van der Waals surface area contributed by atoms with Crippen LogP contribution >= 0.6 is 0 Å². The molecule has 0 heterocycles. The zero-order valence-electron chi connectivity index (χ0n) is 21.0. The molecule has 0 saturated carbocycles. The maximum atomic E-state index is 3.53. The molecule has 0 aromatic heterocycles. The normalized spacial score (nSPS) is 11.7. The van der Waals surface area contributed by atoms with Crippen molar-refractivity contribution in [1.82, 2.24) is 0 Å². The molecule has 0 bridgehead atoms. The first-order valence-corrected chi connectivity index (χ1v) is 10.8. The summed E-state index contributed by atoms with van der Waals surface area (Å²) in [4.78, 5) is 0. The molecule has 0 atom stereocenters. The van der Waals surface area contributed by atoms with Crippen molar-refractivity contribution in [3.8, 4) is 11.1 Å². The van der Waals surface area contributed by atoms with Gasteiger partial charge in [-0.15, -0.1) is 5.56 Å². The first-order chi connectivity index (χ1) is 13.4. The standard InChI is InChI=1S/C21H25.C8H11.2ClH.Zr/c1-20(2,3)16-9-7-14-11-15-8-10-17(21(4,5)6)13-19(15)18(14)12-16;1-6-4-7(2)8(3)5-6;;;/h7,9-10,12-13H,11H2,1-6H3;4-5H,1-3H3;2*1H;/q2*-1;;;+4/p-2. The van der Waals surface area contributed by atoms with Crippen LogP contribution in [0.3, 0.4) is 0 Å². The van der Waals surface area contributed by atoms with E-state index in [1.165, 1.54) is 50.1 Å². The minimum Gasteiger partial charge on any atom is -1.00 e. The van der Waals surface area contributed by atoms with Gasteiger partial charge in [-0.25, -0.2) is 6.07 Å². The van der Waals surface area contributed by atoms with E-state index in [1.807, 2.05) is 0 Å². The second-order valence-corrected chi connectivity index (χ2v) is 10.7. The molecule has 0 unspecified atom stereocenters. The zero-order valence-corrected chi connectivity index (χ0v) is 25.0. The molecule has 0 spiro atoms. The summed E-state index contributed by atoms with van der Waals surface area (Å²) in [6.45, 7) is 20.1. The molecule has 3 aromatic rings. The van der Waals surface area contributed by atoms with Crippen molar-refractivity contribution in [1.29, 1.82) is 0 Å². The Morgan fingerprint density at radius 1 is 0.781 bits per heavy atom. The van der Waals surface area contributed by atoms with Gasteiger partial charge in [0.05, 0.1) is 0 Å². The summed E-state index contributed by atoms with van der Waals surface area (Å²) >= 11 is 0. The molecule has 3 heteroatoms. The van der Waals surface area contributed by atoms with Crippen molar-refractivity contribution in [2.24, 2.45) is 0 Å². The molecule has 4 rings (SSSR count). The van der Waals surface area contributed by atoms with Crippen molar-refractivity contribution in [3.05, 3.63) is 87.5 Å². The van der Waals surface area contributed by atoms with Crippen molar-refractivity contribution >= 4 is 0 Å². The summed E-state index contributed by atoms with van der Waals surface area (Å²) < 4.78 is 0. The largest absolute Gasteiger partial charge is 4.00 e. The fourth-order valence-corrected chi connectivity index (χ4v) is 3.94. The van der Waals surface area contributed by atoms with Crippen LogP contribution in [0.5, 0.6) is 0 Å². The molecule has 0 amide bonds. The topological polar surface area (TPSA) is 0 Å². The van der Waals surface area contributed by atoms with E-state index in [9.17, 15) is 0 Å². The van der Waals surface area contributed by atoms with Crippen molar-refractivity contribution in [2.75, 3.05) is 0 Å². The molecule has 0 radical (unpaired) electrons. The monoisotopic (exact) mass is 544 g/mol. The van der Waals surface area contributed by atoms with Gasteiger partial charge in [0.15, 0.2) is 0 Å². The van der Waals surface area contributed by atoms with Gasteiger partial charge in [-0.3, -0.25) is 0 Å². The zero-order chi connectivity index (χ0) is 21.6. The Morgan fingerprint density at radius 3 is 1.78 bits per heavy atom. The molecular weight excluding hydrogens is 510 g/mol. The van der Waals surface area contributed by atoms with Crippen molar-refractivity contribution in [2.45, 2.75) is 79.6 Å². The van der Waals surface area contributed by atoms with Crippen molar-refractivity contribution in [3.63, 3.8) is 0 Å². The number of aryl methyl sites for hydroxylation is 3. The minimum atomic E-state index is 0. The quantitative estimate of drug-likeness (QED) is 0.296. The van der Waals surface area contributed by atoms with E-state index >= 15 is 0 Å². The van der Waals surface area contributed by atoms with Gasteiger partial charge in [-0.1, -0.05) is 97.1 Å². The second-order valence-electron chi connectivity index (χ2n) is 10.7. The summed E-state index contributed by atoms with van der Waals surface area (Å²) in [5.41, 5.74) is 12.9. The fraction of sp³-hybridized carbons (Fsp3) is 0.414. The van der Waals surface area contributed by atoms with Crippen LogP contribution < -0.4 is 24.8 Å². The van der Waals surface area contributed by atoms with Crippen LogP contribution in [0.1, 0.15) is 80.5 Å². The average molecular weight is 547 g/mol. The van der Waals surface area contributed by atoms with E-state index in [0.717, 1.165) is 6.42 Å². The van der Waals surface area contributed by atoms with Gasteiger partial charge in [0.25, 0.3) is 0 Å². The van der Waals surface area contributed by atoms with Gasteiger partial charge in [0, 0.05) is 0 Å². The Labute approximate surface area is 227 Å². The molecule has 170 valence electrons. The third-order valence-corrected chi connectivity index (χ3v) is 6.04. The predicted octanol–water partition coefficient (Wildman–Crippen LogP) is 1.99. The third-order valence-electron chi connectivity index (χ3n) is 6.04. The van der Waals surface area contributed by atoms with Crippen LogP contribution in [0.25, 0.3) is 11.1 Å². The number of rotatable bonds is 0. The van der Waals surface area contributed by atoms with Crippen LogP contribution in [0.2, 0.25) is 0 Å². The summed E-state index contributed by atoms with van der Waals surface area (Å²) in [6, 6.07) is 19.5. The predicted molar refractivity (Wildman–Crippen MR) is 127 cm³/mol. The number of fused-ring (bicyclic) bond motifs is 3. The van der Waals surface area contributed by atoms with Gasteiger partial charge in [0.2, 0.25) is 0 Å². The van der Waals surface area contributed by atoms with Gasteiger partial charge < -0.3 is 24.8 Å². The Hall–Kier alpha value is -0.747. The van der Waals surface area contributed by atoms with Gasteiger partial charge in [-0.2, -0.15) is 52.1 Å². The fourth-order valence-electron chi connectivity index (χ4n) is 3.94. The Balaban J connectivity index is 0.000000752. The van der Waals surface area contributed by atoms with Crippen LogP contribution in [0.15, 0.2) is 42.5 Å². The Morgan fingerprint density at radius 2 is 1.34 bits per heavy atom. The van der Waals surface area contributed by atoms with Crippen LogP contribution in [-0.4, -0.2) is 0 Å². The summed E-state index contributed by atoms with van der Waals surface area (Å²) in [5.74, 6) is 0. The van der Waals surface area contributed by atoms with Crippen molar-refractivity contribution < 1.29 is 51.0 Å². The first kappa shape index (κ1) is 31.3. The van der Waals surface area contributed by atoms with E-state index in [1.54, 1.807) is 0 Å². The van der Waals surface area contributed by atoms with E-state index in [0.29, 0.717) is 0 Å². The van der Waals surface area contributed by atoms with Crippen LogP contribution in [-0.2, 0) is 43.5 Å². The average Bonchev–Trinajstić information content (AvgIpc) is 3.11. The molecule has 1 aliphatic rings. The maximum Gasteiger partial charge on any atom is 4.00 e. The van der Waals surface area contributed by atoms with E-state index in [-0.39, 0.29) is 61.8 Å². The minimum absolute atomic E-state index is 0. The van der Waals surface area contributed by atoms with Gasteiger partial charge >= 0.3 is 26.2 Å². The number of hydrogen-bond donors (Lipinski definition) is 0. The molecule has 3 aromatic carbocycles. The van der Waals surface area contributed by atoms with Crippen LogP contribution in [0.4, 0.5) is 0 Å². The van der Waals surface area contributed by atoms with Crippen LogP contribution in [0, 0.1) is 26.8 Å². The number of halogens is 2. The summed E-state index contributed by atoms with van der Waals surface area (Å²) in [7, 11) is 0. The molecular formula is C29H36Cl2Zr. The summed E-state index contributed by atoms with van der Waals surface area (Å²) in [5, 5.41) is 0. The SMILES string of the molecule is CC(C)(C)c1c[c-]c2c(c1)-c1cc(C(C)(C)C)ccc1C2.Cc1cc(C)c(C)[cH-]1.[Cl-].[Cl-].[Zr+4]. The van der Waals surface area contributed by atoms with E-state index < -0.39 is 0 Å². The molecule has 0 fully saturated rings. The number of hydrogen-bond acceptors (Lipinski definition) is 0. The molecule has 0 saturated heterocycles. The maximum absolute atomic E-state index is 3.53. The molecule has 1 aliphatic carbocycles. The van der Waals surface area contributed by atoms with Gasteiger partial charge in [0.1, 0.15) is 0 Å². The van der Waals surface area contributed by atoms with Gasteiger partial charge in [-0.05, 0) is 17.4 Å². The molecule has 32 heavy (non-hydrogen) atoms. The third kappa shape index (κ3) is 7.12. The first-order valence-electron chi connectivity index (χ1n) is 10.8. The van der Waals surface area contributed by atoms with E-state index in [2.05, 4.69) is 111 Å². The molecule has 0 aliphatic heterocycles.